The van der Waals surface area contributed by atoms with Gasteiger partial charge in [-0.1, -0.05) is 18.2 Å². The molecule has 0 bridgehead atoms. The molecule has 3 N–H and O–H groups in total. The molecule has 1 heterocycles. The molecule has 0 radical (unpaired) electrons. The fourth-order valence-corrected chi connectivity index (χ4v) is 2.22. The molecular weight excluding hydrogens is 445 g/mol. The lowest BCUT2D eigenvalue weighted by atomic mass is 10.0. The molecule has 0 saturated carbocycles. The van der Waals surface area contributed by atoms with E-state index in [1.54, 1.807) is 25.3 Å². The molecule has 6 nitrogen and oxygen atoms in total. The first-order valence-electron chi connectivity index (χ1n) is 8.58. The SMILES string of the molecule is CCNC(=NCC(C)(O)c1ccco1)NCCCOc1ccccc1.I. The highest BCUT2D eigenvalue weighted by Crippen LogP contribution is 2.20. The molecule has 0 aliphatic rings. The minimum atomic E-state index is -1.14. The van der Waals surface area contributed by atoms with Crippen LogP contribution in [0.15, 0.2) is 58.1 Å². The van der Waals surface area contributed by atoms with E-state index in [9.17, 15) is 5.11 Å². The van der Waals surface area contributed by atoms with Gasteiger partial charge in [-0.25, -0.2) is 4.99 Å². The molecule has 26 heavy (non-hydrogen) atoms. The van der Waals surface area contributed by atoms with Crippen LogP contribution in [0.3, 0.4) is 0 Å². The Morgan fingerprint density at radius 1 is 1.19 bits per heavy atom. The van der Waals surface area contributed by atoms with Crippen molar-refractivity contribution in [2.45, 2.75) is 25.9 Å². The van der Waals surface area contributed by atoms with E-state index >= 15 is 0 Å². The van der Waals surface area contributed by atoms with Gasteiger partial charge in [0.05, 0.1) is 19.4 Å². The van der Waals surface area contributed by atoms with Gasteiger partial charge in [0.25, 0.3) is 0 Å². The fourth-order valence-electron chi connectivity index (χ4n) is 2.22. The van der Waals surface area contributed by atoms with Crippen LogP contribution in [0.1, 0.15) is 26.0 Å². The van der Waals surface area contributed by atoms with Crippen LogP contribution in [0.4, 0.5) is 0 Å². The monoisotopic (exact) mass is 473 g/mol. The van der Waals surface area contributed by atoms with E-state index < -0.39 is 5.60 Å². The first-order valence-corrected chi connectivity index (χ1v) is 8.58. The van der Waals surface area contributed by atoms with E-state index in [2.05, 4.69) is 15.6 Å². The molecule has 1 unspecified atom stereocenters. The van der Waals surface area contributed by atoms with Crippen molar-refractivity contribution in [1.29, 1.82) is 0 Å². The van der Waals surface area contributed by atoms with Crippen LogP contribution < -0.4 is 15.4 Å². The van der Waals surface area contributed by atoms with E-state index in [1.165, 1.54) is 0 Å². The summed E-state index contributed by atoms with van der Waals surface area (Å²) >= 11 is 0. The van der Waals surface area contributed by atoms with Crippen molar-refractivity contribution in [2.75, 3.05) is 26.2 Å². The van der Waals surface area contributed by atoms with E-state index in [-0.39, 0.29) is 30.5 Å². The van der Waals surface area contributed by atoms with Gasteiger partial charge in [-0.05, 0) is 44.5 Å². The summed E-state index contributed by atoms with van der Waals surface area (Å²) in [6.07, 6.45) is 2.39. The van der Waals surface area contributed by atoms with E-state index in [4.69, 9.17) is 9.15 Å². The van der Waals surface area contributed by atoms with Crippen molar-refractivity contribution >= 4 is 29.9 Å². The van der Waals surface area contributed by atoms with Gasteiger partial charge in [-0.2, -0.15) is 0 Å². The normalized spacial score (nSPS) is 13.4. The summed E-state index contributed by atoms with van der Waals surface area (Å²) in [4.78, 5) is 4.44. The third kappa shape index (κ3) is 7.65. The van der Waals surface area contributed by atoms with Gasteiger partial charge in [-0.3, -0.25) is 0 Å². The molecule has 144 valence electrons. The number of nitrogens with one attached hydrogen (secondary N) is 2. The Morgan fingerprint density at radius 3 is 2.62 bits per heavy atom. The highest BCUT2D eigenvalue weighted by atomic mass is 127. The molecule has 2 rings (SSSR count). The number of ether oxygens (including phenoxy) is 1. The van der Waals surface area contributed by atoms with Crippen LogP contribution in [-0.2, 0) is 5.60 Å². The van der Waals surface area contributed by atoms with Crippen molar-refractivity contribution in [3.05, 3.63) is 54.5 Å². The number of rotatable bonds is 9. The Kier molecular flexibility index (Phi) is 10.1. The molecule has 0 amide bonds. The summed E-state index contributed by atoms with van der Waals surface area (Å²) in [6, 6.07) is 13.2. The number of benzene rings is 1. The molecular formula is C19H28IN3O3. The zero-order valence-electron chi connectivity index (χ0n) is 15.3. The Bertz CT molecular complexity index is 631. The van der Waals surface area contributed by atoms with Gasteiger partial charge in [-0.15, -0.1) is 24.0 Å². The maximum absolute atomic E-state index is 10.5. The van der Waals surface area contributed by atoms with E-state index in [0.29, 0.717) is 18.3 Å². The maximum atomic E-state index is 10.5. The quantitative estimate of drug-likeness (QED) is 0.226. The van der Waals surface area contributed by atoms with Crippen molar-refractivity contribution in [3.63, 3.8) is 0 Å². The van der Waals surface area contributed by atoms with Crippen molar-refractivity contribution in [1.82, 2.24) is 10.6 Å². The number of guanidine groups is 1. The third-order valence-corrected chi connectivity index (χ3v) is 3.57. The summed E-state index contributed by atoms with van der Waals surface area (Å²) in [5, 5.41) is 16.9. The Hall–Kier alpha value is -1.74. The smallest absolute Gasteiger partial charge is 0.191 e. The van der Waals surface area contributed by atoms with Crippen molar-refractivity contribution < 1.29 is 14.3 Å². The zero-order valence-corrected chi connectivity index (χ0v) is 17.6. The van der Waals surface area contributed by atoms with Crippen LogP contribution in [-0.4, -0.2) is 37.3 Å². The predicted octanol–water partition coefficient (Wildman–Crippen LogP) is 3.13. The lowest BCUT2D eigenvalue weighted by molar-refractivity contribution is 0.0437. The third-order valence-electron chi connectivity index (χ3n) is 3.57. The van der Waals surface area contributed by atoms with Gasteiger partial charge in [0.2, 0.25) is 0 Å². The fraction of sp³-hybridized carbons (Fsp3) is 0.421. The van der Waals surface area contributed by atoms with Gasteiger partial charge in [0, 0.05) is 13.1 Å². The van der Waals surface area contributed by atoms with Crippen LogP contribution in [0.2, 0.25) is 0 Å². The molecule has 0 saturated heterocycles. The standard InChI is InChI=1S/C19H27N3O3.HI/c1-3-20-18(22-15-19(2,23)17-11-7-13-25-17)21-12-8-14-24-16-9-5-4-6-10-16;/h4-7,9-11,13,23H,3,8,12,14-15H2,1-2H3,(H2,20,21,22);1H. The number of nitrogens with zero attached hydrogens (tertiary/aromatic N) is 1. The topological polar surface area (TPSA) is 79.0 Å². The highest BCUT2D eigenvalue weighted by molar-refractivity contribution is 14.0. The number of aliphatic imine (C=N–C) groups is 1. The molecule has 1 atom stereocenters. The molecule has 0 spiro atoms. The second-order valence-electron chi connectivity index (χ2n) is 5.89. The first kappa shape index (κ1) is 22.3. The average Bonchev–Trinajstić information content (AvgIpc) is 3.16. The number of para-hydroxylation sites is 1. The van der Waals surface area contributed by atoms with Gasteiger partial charge in [0.15, 0.2) is 5.96 Å². The molecule has 1 aromatic heterocycles. The lowest BCUT2D eigenvalue weighted by Gasteiger charge is -2.19. The number of furan rings is 1. The van der Waals surface area contributed by atoms with Crippen LogP contribution in [0.5, 0.6) is 5.75 Å². The molecule has 2 aromatic rings. The Balaban J connectivity index is 0.00000338. The van der Waals surface area contributed by atoms with Gasteiger partial charge in [0.1, 0.15) is 17.1 Å². The summed E-state index contributed by atoms with van der Waals surface area (Å²) in [6.45, 7) is 5.99. The number of hydrogen-bond acceptors (Lipinski definition) is 4. The summed E-state index contributed by atoms with van der Waals surface area (Å²) in [5.74, 6) is 2.04. The van der Waals surface area contributed by atoms with E-state index in [0.717, 1.165) is 25.3 Å². The second kappa shape index (κ2) is 11.8. The predicted molar refractivity (Wildman–Crippen MR) is 114 cm³/mol. The number of halogens is 1. The summed E-state index contributed by atoms with van der Waals surface area (Å²) in [5.41, 5.74) is -1.14. The Morgan fingerprint density at radius 2 is 1.96 bits per heavy atom. The van der Waals surface area contributed by atoms with Crippen LogP contribution in [0.25, 0.3) is 0 Å². The van der Waals surface area contributed by atoms with Crippen LogP contribution >= 0.6 is 24.0 Å². The number of aliphatic hydroxyl groups is 1. The molecule has 1 aromatic carbocycles. The summed E-state index contributed by atoms with van der Waals surface area (Å²) in [7, 11) is 0. The average molecular weight is 473 g/mol. The summed E-state index contributed by atoms with van der Waals surface area (Å²) < 4.78 is 10.9. The largest absolute Gasteiger partial charge is 0.494 e. The first-order chi connectivity index (χ1) is 12.1. The Labute approximate surface area is 172 Å². The molecule has 0 aliphatic carbocycles. The highest BCUT2D eigenvalue weighted by Gasteiger charge is 2.25. The number of hydrogen-bond donors (Lipinski definition) is 3. The van der Waals surface area contributed by atoms with Crippen molar-refractivity contribution in [3.8, 4) is 5.75 Å². The molecule has 7 heteroatoms. The van der Waals surface area contributed by atoms with Crippen molar-refractivity contribution in [2.24, 2.45) is 4.99 Å². The maximum Gasteiger partial charge on any atom is 0.191 e. The second-order valence-corrected chi connectivity index (χ2v) is 5.89. The van der Waals surface area contributed by atoms with Crippen LogP contribution in [0, 0.1) is 0 Å². The van der Waals surface area contributed by atoms with E-state index in [1.807, 2.05) is 37.3 Å². The van der Waals surface area contributed by atoms with Gasteiger partial charge < -0.3 is 24.9 Å². The molecule has 0 aliphatic heterocycles. The van der Waals surface area contributed by atoms with Gasteiger partial charge >= 0.3 is 0 Å². The zero-order chi connectivity index (χ0) is 18.0. The lowest BCUT2D eigenvalue weighted by Crippen LogP contribution is -2.39. The minimum absolute atomic E-state index is 0. The molecule has 0 fully saturated rings. The minimum Gasteiger partial charge on any atom is -0.494 e.